The Labute approximate surface area is 91.3 Å². The number of nitrogens with two attached hydrogens (primary N) is 1. The first-order chi connectivity index (χ1) is 7.30. The first-order valence-electron chi connectivity index (χ1n) is 5.65. The van der Waals surface area contributed by atoms with Gasteiger partial charge in [-0.25, -0.2) is 0 Å². The molecule has 1 fully saturated rings. The highest BCUT2D eigenvalue weighted by Gasteiger charge is 2.45. The average Bonchev–Trinajstić information content (AvgIpc) is 3.08. The average molecular weight is 205 g/mol. The Morgan fingerprint density at radius 2 is 2.07 bits per heavy atom. The molecule has 0 atom stereocenters. The largest absolute Gasteiger partial charge is 0.329 e. The van der Waals surface area contributed by atoms with Crippen LogP contribution in [0.15, 0.2) is 24.5 Å². The second-order valence-electron chi connectivity index (χ2n) is 4.30. The number of pyridine rings is 1. The molecule has 1 aromatic heterocycles. The Kier molecular flexibility index (Phi) is 3.03. The van der Waals surface area contributed by atoms with Crippen LogP contribution < -0.4 is 5.73 Å². The van der Waals surface area contributed by atoms with E-state index in [9.17, 15) is 0 Å². The highest BCUT2D eigenvalue weighted by Crippen LogP contribution is 2.41. The normalized spacial score (nSPS) is 18.1. The van der Waals surface area contributed by atoms with Crippen molar-refractivity contribution < 1.29 is 0 Å². The highest BCUT2D eigenvalue weighted by molar-refractivity contribution is 5.13. The van der Waals surface area contributed by atoms with E-state index in [4.69, 9.17) is 5.73 Å². The molecule has 0 aromatic carbocycles. The number of nitrogens with zero attached hydrogens (tertiary/aromatic N) is 2. The van der Waals surface area contributed by atoms with Crippen LogP contribution in [-0.2, 0) is 6.54 Å². The van der Waals surface area contributed by atoms with Crippen molar-refractivity contribution in [3.05, 3.63) is 30.1 Å². The molecular weight excluding hydrogens is 186 g/mol. The van der Waals surface area contributed by atoms with E-state index in [-0.39, 0.29) is 0 Å². The molecule has 3 heteroatoms. The molecule has 15 heavy (non-hydrogen) atoms. The highest BCUT2D eigenvalue weighted by atomic mass is 15.2. The Bertz CT molecular complexity index is 306. The van der Waals surface area contributed by atoms with Gasteiger partial charge in [0.25, 0.3) is 0 Å². The lowest BCUT2D eigenvalue weighted by molar-refractivity contribution is 0.182. The third kappa shape index (κ3) is 2.19. The molecule has 1 aliphatic rings. The van der Waals surface area contributed by atoms with E-state index >= 15 is 0 Å². The number of rotatable bonds is 5. The molecule has 2 rings (SSSR count). The van der Waals surface area contributed by atoms with Gasteiger partial charge in [-0.05, 0) is 37.1 Å². The number of likely N-dealkylation sites (N-methyl/N-ethyl adjacent to an activating group) is 1. The van der Waals surface area contributed by atoms with Gasteiger partial charge in [-0.15, -0.1) is 0 Å². The minimum absolute atomic E-state index is 0.304. The predicted molar refractivity (Wildman–Crippen MR) is 61.3 cm³/mol. The molecule has 82 valence electrons. The quantitative estimate of drug-likeness (QED) is 0.790. The van der Waals surface area contributed by atoms with Gasteiger partial charge in [0.2, 0.25) is 0 Å². The third-order valence-electron chi connectivity index (χ3n) is 3.38. The minimum atomic E-state index is 0.304. The van der Waals surface area contributed by atoms with E-state index < -0.39 is 0 Å². The zero-order chi connectivity index (χ0) is 10.7. The maximum Gasteiger partial charge on any atom is 0.0336 e. The topological polar surface area (TPSA) is 42.2 Å². The summed E-state index contributed by atoms with van der Waals surface area (Å²) in [6.07, 6.45) is 6.21. The van der Waals surface area contributed by atoms with E-state index in [2.05, 4.69) is 28.9 Å². The van der Waals surface area contributed by atoms with E-state index in [1.165, 1.54) is 18.4 Å². The van der Waals surface area contributed by atoms with Gasteiger partial charge in [0.05, 0.1) is 0 Å². The standard InChI is InChI=1S/C12H19N3/c1-2-15(12(10-13)5-6-12)9-11-3-7-14-8-4-11/h3-4,7-8H,2,5-6,9-10,13H2,1H3. The van der Waals surface area contributed by atoms with Crippen molar-refractivity contribution in [3.8, 4) is 0 Å². The third-order valence-corrected chi connectivity index (χ3v) is 3.38. The first-order valence-corrected chi connectivity index (χ1v) is 5.65. The summed E-state index contributed by atoms with van der Waals surface area (Å²) in [5.74, 6) is 0. The van der Waals surface area contributed by atoms with Gasteiger partial charge in [0.1, 0.15) is 0 Å². The molecule has 0 amide bonds. The van der Waals surface area contributed by atoms with Crippen LogP contribution in [0.25, 0.3) is 0 Å². The molecule has 3 nitrogen and oxygen atoms in total. The van der Waals surface area contributed by atoms with Gasteiger partial charge in [0.15, 0.2) is 0 Å². The summed E-state index contributed by atoms with van der Waals surface area (Å²) in [7, 11) is 0. The van der Waals surface area contributed by atoms with Gasteiger partial charge in [-0.3, -0.25) is 9.88 Å². The molecule has 0 aliphatic heterocycles. The Balaban J connectivity index is 2.03. The fourth-order valence-corrected chi connectivity index (χ4v) is 2.12. The summed E-state index contributed by atoms with van der Waals surface area (Å²) in [5, 5.41) is 0. The molecule has 0 bridgehead atoms. The summed E-state index contributed by atoms with van der Waals surface area (Å²) in [4.78, 5) is 6.52. The van der Waals surface area contributed by atoms with Crippen LogP contribution in [0.3, 0.4) is 0 Å². The van der Waals surface area contributed by atoms with E-state index in [1.54, 1.807) is 0 Å². The number of hydrogen-bond donors (Lipinski definition) is 1. The number of hydrogen-bond acceptors (Lipinski definition) is 3. The fraction of sp³-hybridized carbons (Fsp3) is 0.583. The van der Waals surface area contributed by atoms with E-state index in [0.717, 1.165) is 19.6 Å². The van der Waals surface area contributed by atoms with E-state index in [1.807, 2.05) is 12.4 Å². The zero-order valence-corrected chi connectivity index (χ0v) is 9.32. The van der Waals surface area contributed by atoms with Gasteiger partial charge in [0, 0.05) is 31.0 Å². The lowest BCUT2D eigenvalue weighted by Gasteiger charge is -2.29. The zero-order valence-electron chi connectivity index (χ0n) is 9.32. The van der Waals surface area contributed by atoms with Crippen LogP contribution in [0.5, 0.6) is 0 Å². The number of aromatic nitrogens is 1. The van der Waals surface area contributed by atoms with Crippen molar-refractivity contribution in [2.24, 2.45) is 5.73 Å². The minimum Gasteiger partial charge on any atom is -0.329 e. The van der Waals surface area contributed by atoms with Gasteiger partial charge >= 0.3 is 0 Å². The van der Waals surface area contributed by atoms with Gasteiger partial charge in [-0.2, -0.15) is 0 Å². The molecule has 1 aromatic rings. The van der Waals surface area contributed by atoms with Gasteiger partial charge < -0.3 is 5.73 Å². The summed E-state index contributed by atoms with van der Waals surface area (Å²) in [6, 6.07) is 4.16. The molecular formula is C12H19N3. The van der Waals surface area contributed by atoms with Crippen molar-refractivity contribution in [3.63, 3.8) is 0 Å². The first kappa shape index (κ1) is 10.6. The van der Waals surface area contributed by atoms with Crippen LogP contribution in [0, 0.1) is 0 Å². The molecule has 1 heterocycles. The van der Waals surface area contributed by atoms with Crippen LogP contribution in [0.2, 0.25) is 0 Å². The second-order valence-corrected chi connectivity index (χ2v) is 4.30. The summed E-state index contributed by atoms with van der Waals surface area (Å²) < 4.78 is 0. The fourth-order valence-electron chi connectivity index (χ4n) is 2.12. The van der Waals surface area contributed by atoms with Crippen LogP contribution in [0.1, 0.15) is 25.3 Å². The molecule has 1 aliphatic carbocycles. The van der Waals surface area contributed by atoms with Crippen LogP contribution in [-0.4, -0.2) is 28.5 Å². The molecule has 0 spiro atoms. The Morgan fingerprint density at radius 3 is 2.53 bits per heavy atom. The van der Waals surface area contributed by atoms with Crippen molar-refractivity contribution >= 4 is 0 Å². The predicted octanol–water partition coefficient (Wildman–Crippen LogP) is 1.39. The van der Waals surface area contributed by atoms with Crippen LogP contribution in [0.4, 0.5) is 0 Å². The van der Waals surface area contributed by atoms with Crippen molar-refractivity contribution in [2.75, 3.05) is 13.1 Å². The second kappa shape index (κ2) is 4.29. The maximum absolute atomic E-state index is 5.84. The monoisotopic (exact) mass is 205 g/mol. The summed E-state index contributed by atoms with van der Waals surface area (Å²) in [6.45, 7) is 5.05. The lowest BCUT2D eigenvalue weighted by atomic mass is 10.1. The van der Waals surface area contributed by atoms with Gasteiger partial charge in [-0.1, -0.05) is 6.92 Å². The molecule has 0 radical (unpaired) electrons. The SMILES string of the molecule is CCN(Cc1ccncc1)C1(CN)CC1. The molecule has 0 unspecified atom stereocenters. The van der Waals surface area contributed by atoms with E-state index in [0.29, 0.717) is 5.54 Å². The molecule has 1 saturated carbocycles. The summed E-state index contributed by atoms with van der Waals surface area (Å²) >= 11 is 0. The van der Waals surface area contributed by atoms with Crippen molar-refractivity contribution in [1.29, 1.82) is 0 Å². The lowest BCUT2D eigenvalue weighted by Crippen LogP contribution is -2.42. The van der Waals surface area contributed by atoms with Crippen LogP contribution >= 0.6 is 0 Å². The maximum atomic E-state index is 5.84. The smallest absolute Gasteiger partial charge is 0.0336 e. The van der Waals surface area contributed by atoms with Crippen molar-refractivity contribution in [2.45, 2.75) is 31.8 Å². The Morgan fingerprint density at radius 1 is 1.40 bits per heavy atom. The molecule has 0 saturated heterocycles. The Hall–Kier alpha value is -0.930. The summed E-state index contributed by atoms with van der Waals surface area (Å²) in [5.41, 5.74) is 7.47. The van der Waals surface area contributed by atoms with Crippen molar-refractivity contribution in [1.82, 2.24) is 9.88 Å². The molecule has 2 N–H and O–H groups in total.